The summed E-state index contributed by atoms with van der Waals surface area (Å²) in [7, 11) is -3.52. The van der Waals surface area contributed by atoms with Gasteiger partial charge in [0.25, 0.3) is 0 Å². The third-order valence-electron chi connectivity index (χ3n) is 2.95. The summed E-state index contributed by atoms with van der Waals surface area (Å²) in [6, 6.07) is 4.18. The molecule has 0 fully saturated rings. The van der Waals surface area contributed by atoms with Crippen molar-refractivity contribution in [2.24, 2.45) is 5.92 Å². The van der Waals surface area contributed by atoms with Gasteiger partial charge < -0.3 is 10.1 Å². The number of benzene rings is 1. The van der Waals surface area contributed by atoms with Crippen molar-refractivity contribution in [1.82, 2.24) is 4.98 Å². The molecule has 0 saturated carbocycles. The van der Waals surface area contributed by atoms with E-state index in [1.165, 1.54) is 18.2 Å². The number of nitrogens with zero attached hydrogens (tertiary/aromatic N) is 1. The van der Waals surface area contributed by atoms with E-state index in [0.717, 1.165) is 11.3 Å². The molecule has 0 aliphatic heterocycles. The van der Waals surface area contributed by atoms with E-state index in [0.29, 0.717) is 10.2 Å². The quantitative estimate of drug-likeness (QED) is 0.757. The molecule has 1 amide bonds. The highest BCUT2D eigenvalue weighted by Gasteiger charge is 2.28. The van der Waals surface area contributed by atoms with Gasteiger partial charge in [-0.25, -0.2) is 13.4 Å². The minimum atomic E-state index is -4.44. The van der Waals surface area contributed by atoms with Crippen LogP contribution >= 0.6 is 11.3 Å². The van der Waals surface area contributed by atoms with Crippen LogP contribution in [0.5, 0.6) is 5.75 Å². The maximum Gasteiger partial charge on any atom is 0.422 e. The van der Waals surface area contributed by atoms with Crippen LogP contribution < -0.4 is 10.1 Å². The van der Waals surface area contributed by atoms with Gasteiger partial charge in [-0.1, -0.05) is 25.2 Å². The third-order valence-corrected chi connectivity index (χ3v) is 5.76. The first-order chi connectivity index (χ1) is 11.9. The maximum absolute atomic E-state index is 12.2. The van der Waals surface area contributed by atoms with E-state index in [9.17, 15) is 26.4 Å². The lowest BCUT2D eigenvalue weighted by Crippen LogP contribution is -2.26. The van der Waals surface area contributed by atoms with Gasteiger partial charge in [-0.3, -0.25) is 4.79 Å². The predicted molar refractivity (Wildman–Crippen MR) is 93.3 cm³/mol. The fourth-order valence-electron chi connectivity index (χ4n) is 2.14. The first-order valence-electron chi connectivity index (χ1n) is 7.54. The van der Waals surface area contributed by atoms with E-state index in [-0.39, 0.29) is 22.6 Å². The number of hydrogen-bond donors (Lipinski definition) is 1. The molecule has 1 aromatic heterocycles. The average Bonchev–Trinajstić information content (AvgIpc) is 2.82. The Labute approximate surface area is 152 Å². The van der Waals surface area contributed by atoms with Crippen LogP contribution in [0.1, 0.15) is 13.8 Å². The van der Waals surface area contributed by atoms with Crippen LogP contribution in [0.15, 0.2) is 18.2 Å². The van der Waals surface area contributed by atoms with Gasteiger partial charge in [0, 0.05) is 0 Å². The van der Waals surface area contributed by atoms with Crippen LogP contribution in [0.3, 0.4) is 0 Å². The summed E-state index contributed by atoms with van der Waals surface area (Å²) in [5.74, 6) is -1.53. The number of nitrogens with one attached hydrogen (secondary N) is 1. The van der Waals surface area contributed by atoms with Gasteiger partial charge in [0.2, 0.25) is 5.91 Å². The monoisotopic (exact) mass is 410 g/mol. The minimum absolute atomic E-state index is 0.0239. The number of fused-ring (bicyclic) bond motifs is 1. The van der Waals surface area contributed by atoms with Crippen molar-refractivity contribution >= 4 is 42.4 Å². The van der Waals surface area contributed by atoms with Gasteiger partial charge in [-0.2, -0.15) is 13.2 Å². The summed E-state index contributed by atoms with van der Waals surface area (Å²) in [6.45, 7) is 2.07. The van der Waals surface area contributed by atoms with Crippen molar-refractivity contribution in [1.29, 1.82) is 0 Å². The number of rotatable bonds is 7. The minimum Gasteiger partial charge on any atom is -0.484 e. The lowest BCUT2D eigenvalue weighted by atomic mass is 10.3. The smallest absolute Gasteiger partial charge is 0.422 e. The summed E-state index contributed by atoms with van der Waals surface area (Å²) >= 11 is 1.01. The summed E-state index contributed by atoms with van der Waals surface area (Å²) in [5, 5.41) is 2.57. The Balaban J connectivity index is 2.05. The van der Waals surface area contributed by atoms with Crippen molar-refractivity contribution in [3.63, 3.8) is 0 Å². The van der Waals surface area contributed by atoms with Crippen molar-refractivity contribution in [2.75, 3.05) is 23.4 Å². The number of sulfone groups is 1. The normalized spacial score (nSPS) is 12.5. The van der Waals surface area contributed by atoms with E-state index < -0.39 is 34.3 Å². The Hall–Kier alpha value is -1.88. The number of halogens is 3. The van der Waals surface area contributed by atoms with Gasteiger partial charge in [-0.05, 0) is 24.1 Å². The van der Waals surface area contributed by atoms with Crippen molar-refractivity contribution in [2.45, 2.75) is 20.0 Å². The van der Waals surface area contributed by atoms with Gasteiger partial charge >= 0.3 is 6.18 Å². The number of anilines is 1. The summed E-state index contributed by atoms with van der Waals surface area (Å²) < 4.78 is 65.4. The van der Waals surface area contributed by atoms with Crippen LogP contribution in [-0.4, -0.2) is 43.6 Å². The molecular weight excluding hydrogens is 393 g/mol. The molecule has 0 saturated heterocycles. The van der Waals surface area contributed by atoms with Crippen molar-refractivity contribution < 1.29 is 31.1 Å². The molecule has 1 N–H and O–H groups in total. The zero-order chi connectivity index (χ0) is 19.5. The lowest BCUT2D eigenvalue weighted by Gasteiger charge is -2.08. The second-order valence-electron chi connectivity index (χ2n) is 6.05. The number of amides is 1. The predicted octanol–water partition coefficient (Wildman–Crippen LogP) is 3.25. The summed E-state index contributed by atoms with van der Waals surface area (Å²) in [4.78, 5) is 16.0. The van der Waals surface area contributed by atoms with E-state index in [4.69, 9.17) is 0 Å². The second-order valence-corrected chi connectivity index (χ2v) is 9.19. The molecule has 0 aliphatic carbocycles. The second kappa shape index (κ2) is 7.78. The van der Waals surface area contributed by atoms with E-state index in [2.05, 4.69) is 15.0 Å². The number of carbonyl (C=O) groups excluding carboxylic acids is 1. The number of hydrogen-bond acceptors (Lipinski definition) is 6. The number of carbonyl (C=O) groups is 1. The van der Waals surface area contributed by atoms with Crippen LogP contribution in [0, 0.1) is 5.92 Å². The van der Waals surface area contributed by atoms with Crippen LogP contribution in [0.25, 0.3) is 10.2 Å². The summed E-state index contributed by atoms with van der Waals surface area (Å²) in [6.07, 6.45) is -4.44. The SMILES string of the molecule is CC(C)CS(=O)(=O)CC(=O)Nc1nc2ccc(OCC(F)(F)F)cc2s1. The molecule has 1 heterocycles. The first-order valence-corrected chi connectivity index (χ1v) is 10.2. The van der Waals surface area contributed by atoms with Gasteiger partial charge in [0.05, 0.1) is 16.0 Å². The van der Waals surface area contributed by atoms with E-state index in [1.54, 1.807) is 13.8 Å². The zero-order valence-electron chi connectivity index (χ0n) is 14.0. The van der Waals surface area contributed by atoms with Crippen LogP contribution in [0.2, 0.25) is 0 Å². The number of thiazole rings is 1. The molecular formula is C15H17F3N2O4S2. The molecule has 1 aromatic carbocycles. The fourth-order valence-corrected chi connectivity index (χ4v) is 4.65. The molecule has 2 rings (SSSR count). The van der Waals surface area contributed by atoms with E-state index >= 15 is 0 Å². The van der Waals surface area contributed by atoms with Gasteiger partial charge in [0.1, 0.15) is 11.5 Å². The summed E-state index contributed by atoms with van der Waals surface area (Å²) in [5.41, 5.74) is 0.453. The highest BCUT2D eigenvalue weighted by atomic mass is 32.2. The molecule has 0 bridgehead atoms. The maximum atomic E-state index is 12.2. The topological polar surface area (TPSA) is 85.4 Å². The molecule has 0 aliphatic rings. The van der Waals surface area contributed by atoms with Crippen molar-refractivity contribution in [3.05, 3.63) is 18.2 Å². The Morgan fingerprint density at radius 2 is 2.04 bits per heavy atom. The molecule has 144 valence electrons. The molecule has 0 spiro atoms. The Bertz CT molecular complexity index is 892. The molecule has 0 radical (unpaired) electrons. The highest BCUT2D eigenvalue weighted by Crippen LogP contribution is 2.30. The molecule has 6 nitrogen and oxygen atoms in total. The molecule has 2 aromatic rings. The molecule has 0 unspecified atom stereocenters. The van der Waals surface area contributed by atoms with Crippen LogP contribution in [0.4, 0.5) is 18.3 Å². The standard InChI is InChI=1S/C15H17F3N2O4S2/c1-9(2)6-26(22,23)7-13(21)20-14-19-11-4-3-10(5-12(11)25-14)24-8-15(16,17)18/h3-5,9H,6-8H2,1-2H3,(H,19,20,21). The number of alkyl halides is 3. The number of aromatic nitrogens is 1. The average molecular weight is 410 g/mol. The van der Waals surface area contributed by atoms with Crippen LogP contribution in [-0.2, 0) is 14.6 Å². The van der Waals surface area contributed by atoms with Crippen molar-refractivity contribution in [3.8, 4) is 5.75 Å². The molecule has 26 heavy (non-hydrogen) atoms. The molecule has 0 atom stereocenters. The molecule has 11 heteroatoms. The number of ether oxygens (including phenoxy) is 1. The third kappa shape index (κ3) is 6.45. The fraction of sp³-hybridized carbons (Fsp3) is 0.467. The zero-order valence-corrected chi connectivity index (χ0v) is 15.6. The van der Waals surface area contributed by atoms with Gasteiger partial charge in [-0.15, -0.1) is 0 Å². The first kappa shape index (κ1) is 20.4. The Morgan fingerprint density at radius 1 is 1.35 bits per heavy atom. The van der Waals surface area contributed by atoms with E-state index in [1.807, 2.05) is 0 Å². The van der Waals surface area contributed by atoms with Gasteiger partial charge in [0.15, 0.2) is 21.6 Å². The largest absolute Gasteiger partial charge is 0.484 e. The highest BCUT2D eigenvalue weighted by molar-refractivity contribution is 7.92. The Morgan fingerprint density at radius 3 is 2.65 bits per heavy atom. The lowest BCUT2D eigenvalue weighted by molar-refractivity contribution is -0.153. The Kier molecular flexibility index (Phi) is 6.12.